The van der Waals surface area contributed by atoms with Crippen molar-refractivity contribution in [2.24, 2.45) is 5.73 Å². The second kappa shape index (κ2) is 7.76. The molecule has 4 nitrogen and oxygen atoms in total. The van der Waals surface area contributed by atoms with Gasteiger partial charge in [0, 0.05) is 0 Å². The van der Waals surface area contributed by atoms with Crippen LogP contribution < -0.4 is 5.73 Å². The van der Waals surface area contributed by atoms with Crippen LogP contribution in [0.4, 0.5) is 0 Å². The van der Waals surface area contributed by atoms with Crippen molar-refractivity contribution in [1.82, 2.24) is 4.90 Å². The number of nitrogens with zero attached hydrogens (tertiary/aromatic N) is 1. The maximum atomic E-state index is 10.4. The van der Waals surface area contributed by atoms with Crippen LogP contribution in [0.1, 0.15) is 32.6 Å². The van der Waals surface area contributed by atoms with E-state index in [1.165, 1.54) is 0 Å². The van der Waals surface area contributed by atoms with E-state index in [0.717, 1.165) is 32.4 Å². The summed E-state index contributed by atoms with van der Waals surface area (Å²) in [6, 6.07) is -0.688. The number of aliphatic carboxylic acids is 1. The van der Waals surface area contributed by atoms with Gasteiger partial charge in [0.2, 0.25) is 0 Å². The Morgan fingerprint density at radius 1 is 1.43 bits per heavy atom. The lowest BCUT2D eigenvalue weighted by Gasteiger charge is -2.15. The van der Waals surface area contributed by atoms with Crippen molar-refractivity contribution in [2.75, 3.05) is 20.1 Å². The van der Waals surface area contributed by atoms with E-state index >= 15 is 0 Å². The SMILES string of the molecule is CCCN(C)CCCC[C@H](N)C(=O)O. The van der Waals surface area contributed by atoms with Gasteiger partial charge in [-0.2, -0.15) is 0 Å². The zero-order valence-electron chi connectivity index (χ0n) is 9.20. The van der Waals surface area contributed by atoms with Crippen LogP contribution in [0.2, 0.25) is 0 Å². The van der Waals surface area contributed by atoms with Crippen molar-refractivity contribution >= 4 is 5.97 Å². The van der Waals surface area contributed by atoms with Crippen molar-refractivity contribution in [2.45, 2.75) is 38.6 Å². The number of rotatable bonds is 8. The number of nitrogens with two attached hydrogens (primary N) is 1. The number of unbranched alkanes of at least 4 members (excludes halogenated alkanes) is 1. The van der Waals surface area contributed by atoms with Gasteiger partial charge in [-0.05, 0) is 39.4 Å². The molecule has 0 saturated carbocycles. The third-order valence-corrected chi connectivity index (χ3v) is 2.23. The van der Waals surface area contributed by atoms with Gasteiger partial charge in [-0.15, -0.1) is 0 Å². The van der Waals surface area contributed by atoms with Gasteiger partial charge in [0.1, 0.15) is 6.04 Å². The van der Waals surface area contributed by atoms with Crippen LogP contribution in [0.15, 0.2) is 0 Å². The van der Waals surface area contributed by atoms with Gasteiger partial charge in [-0.3, -0.25) is 4.79 Å². The Kier molecular flexibility index (Phi) is 7.42. The maximum Gasteiger partial charge on any atom is 0.320 e. The minimum atomic E-state index is -0.896. The Balaban J connectivity index is 3.33. The molecule has 0 fully saturated rings. The van der Waals surface area contributed by atoms with Crippen molar-refractivity contribution < 1.29 is 9.90 Å². The molecule has 0 saturated heterocycles. The second-order valence-electron chi connectivity index (χ2n) is 3.74. The van der Waals surface area contributed by atoms with Gasteiger partial charge in [0.15, 0.2) is 0 Å². The molecule has 0 aliphatic rings. The topological polar surface area (TPSA) is 66.6 Å². The van der Waals surface area contributed by atoms with Gasteiger partial charge in [-0.25, -0.2) is 0 Å². The van der Waals surface area contributed by atoms with Crippen LogP contribution in [0.3, 0.4) is 0 Å². The molecule has 0 aromatic heterocycles. The summed E-state index contributed by atoms with van der Waals surface area (Å²) in [6.45, 7) is 4.28. The fourth-order valence-electron chi connectivity index (χ4n) is 1.36. The summed E-state index contributed by atoms with van der Waals surface area (Å²) in [4.78, 5) is 12.7. The van der Waals surface area contributed by atoms with Crippen molar-refractivity contribution in [3.63, 3.8) is 0 Å². The van der Waals surface area contributed by atoms with E-state index in [1.54, 1.807) is 0 Å². The molecule has 0 radical (unpaired) electrons. The van der Waals surface area contributed by atoms with Gasteiger partial charge < -0.3 is 15.7 Å². The Hall–Kier alpha value is -0.610. The summed E-state index contributed by atoms with van der Waals surface area (Å²) in [6.07, 6.45) is 3.65. The molecule has 0 rings (SSSR count). The van der Waals surface area contributed by atoms with Crippen LogP contribution in [0, 0.1) is 0 Å². The van der Waals surface area contributed by atoms with E-state index in [1.807, 2.05) is 0 Å². The average molecular weight is 202 g/mol. The minimum Gasteiger partial charge on any atom is -0.480 e. The summed E-state index contributed by atoms with van der Waals surface area (Å²) in [5, 5.41) is 8.54. The van der Waals surface area contributed by atoms with Gasteiger partial charge in [0.05, 0.1) is 0 Å². The van der Waals surface area contributed by atoms with Crippen LogP contribution in [0.5, 0.6) is 0 Å². The lowest BCUT2D eigenvalue weighted by molar-refractivity contribution is -0.138. The summed E-state index contributed by atoms with van der Waals surface area (Å²) < 4.78 is 0. The highest BCUT2D eigenvalue weighted by atomic mass is 16.4. The van der Waals surface area contributed by atoms with E-state index in [9.17, 15) is 4.79 Å². The average Bonchev–Trinajstić information content (AvgIpc) is 2.12. The van der Waals surface area contributed by atoms with E-state index in [0.29, 0.717) is 6.42 Å². The third-order valence-electron chi connectivity index (χ3n) is 2.23. The standard InChI is InChI=1S/C10H22N2O2/c1-3-7-12(2)8-5-4-6-9(11)10(13)14/h9H,3-8,11H2,1-2H3,(H,13,14)/t9-/m0/s1. The molecule has 0 amide bonds. The first-order valence-corrected chi connectivity index (χ1v) is 5.24. The maximum absolute atomic E-state index is 10.4. The van der Waals surface area contributed by atoms with Crippen LogP contribution in [-0.4, -0.2) is 42.2 Å². The zero-order valence-corrected chi connectivity index (χ0v) is 9.20. The predicted molar refractivity (Wildman–Crippen MR) is 57.3 cm³/mol. The molecule has 0 aromatic carbocycles. The highest BCUT2D eigenvalue weighted by Crippen LogP contribution is 2.00. The molecular formula is C10H22N2O2. The summed E-state index contributed by atoms with van der Waals surface area (Å²) in [5.74, 6) is -0.896. The largest absolute Gasteiger partial charge is 0.480 e. The Morgan fingerprint density at radius 2 is 2.07 bits per heavy atom. The zero-order chi connectivity index (χ0) is 11.0. The van der Waals surface area contributed by atoms with Crippen molar-refractivity contribution in [1.29, 1.82) is 0 Å². The lowest BCUT2D eigenvalue weighted by atomic mass is 10.1. The highest BCUT2D eigenvalue weighted by Gasteiger charge is 2.10. The smallest absolute Gasteiger partial charge is 0.320 e. The van der Waals surface area contributed by atoms with Crippen LogP contribution in [0.25, 0.3) is 0 Å². The van der Waals surface area contributed by atoms with E-state index in [2.05, 4.69) is 18.9 Å². The quantitative estimate of drug-likeness (QED) is 0.574. The third kappa shape index (κ3) is 6.86. The molecule has 1 atom stereocenters. The Labute approximate surface area is 86.1 Å². The van der Waals surface area contributed by atoms with Crippen molar-refractivity contribution in [3.05, 3.63) is 0 Å². The van der Waals surface area contributed by atoms with E-state index in [-0.39, 0.29) is 0 Å². The number of hydrogen-bond acceptors (Lipinski definition) is 3. The lowest BCUT2D eigenvalue weighted by Crippen LogP contribution is -2.30. The minimum absolute atomic E-state index is 0.579. The van der Waals surface area contributed by atoms with Crippen LogP contribution in [-0.2, 0) is 4.79 Å². The van der Waals surface area contributed by atoms with Gasteiger partial charge in [0.25, 0.3) is 0 Å². The second-order valence-corrected chi connectivity index (χ2v) is 3.74. The molecule has 0 unspecified atom stereocenters. The van der Waals surface area contributed by atoms with Gasteiger partial charge >= 0.3 is 5.97 Å². The predicted octanol–water partition coefficient (Wildman–Crippen LogP) is 0.910. The molecule has 84 valence electrons. The molecule has 14 heavy (non-hydrogen) atoms. The number of carboxylic acid groups (broad SMARTS) is 1. The summed E-state index contributed by atoms with van der Waals surface area (Å²) >= 11 is 0. The number of carbonyl (C=O) groups is 1. The molecule has 0 aromatic rings. The first-order valence-electron chi connectivity index (χ1n) is 5.24. The summed E-state index contributed by atoms with van der Waals surface area (Å²) in [5.41, 5.74) is 5.38. The van der Waals surface area contributed by atoms with Crippen molar-refractivity contribution in [3.8, 4) is 0 Å². The number of hydrogen-bond donors (Lipinski definition) is 2. The first kappa shape index (κ1) is 13.4. The highest BCUT2D eigenvalue weighted by molar-refractivity contribution is 5.72. The monoisotopic (exact) mass is 202 g/mol. The molecule has 0 heterocycles. The molecule has 0 spiro atoms. The summed E-state index contributed by atoms with van der Waals surface area (Å²) in [7, 11) is 2.08. The fraction of sp³-hybridized carbons (Fsp3) is 0.900. The number of carboxylic acids is 1. The van der Waals surface area contributed by atoms with E-state index in [4.69, 9.17) is 10.8 Å². The molecule has 4 heteroatoms. The molecule has 3 N–H and O–H groups in total. The first-order chi connectivity index (χ1) is 6.57. The molecule has 0 bridgehead atoms. The van der Waals surface area contributed by atoms with Gasteiger partial charge in [-0.1, -0.05) is 13.3 Å². The van der Waals surface area contributed by atoms with Crippen LogP contribution >= 0.6 is 0 Å². The van der Waals surface area contributed by atoms with E-state index < -0.39 is 12.0 Å². The Bertz CT molecular complexity index is 162. The Morgan fingerprint density at radius 3 is 2.57 bits per heavy atom. The molecule has 0 aliphatic carbocycles. The molecular weight excluding hydrogens is 180 g/mol. The fourth-order valence-corrected chi connectivity index (χ4v) is 1.36. The molecule has 0 aliphatic heterocycles. The normalized spacial score (nSPS) is 13.1.